The van der Waals surface area contributed by atoms with Crippen LogP contribution >= 0.6 is 0 Å². The molecule has 4 rings (SSSR count). The second-order valence-electron chi connectivity index (χ2n) is 8.49. The second kappa shape index (κ2) is 11.7. The monoisotopic (exact) mass is 546 g/mol. The van der Waals surface area contributed by atoms with Crippen molar-refractivity contribution in [3.8, 4) is 11.5 Å². The number of H-pyrrole nitrogens is 1. The summed E-state index contributed by atoms with van der Waals surface area (Å²) in [5, 5.41) is 4.20. The van der Waals surface area contributed by atoms with E-state index in [0.717, 1.165) is 22.1 Å². The molecule has 0 atom stereocenters. The summed E-state index contributed by atoms with van der Waals surface area (Å²) in [6, 6.07) is 22.2. The highest BCUT2D eigenvalue weighted by Gasteiger charge is 2.48. The molecule has 0 spiro atoms. The van der Waals surface area contributed by atoms with Crippen molar-refractivity contribution < 1.29 is 30.5 Å². The number of hydrogen-bond donors (Lipinski definition) is 2. The number of halogens is 3. The average Bonchev–Trinajstić information content (AvgIpc) is 2.88. The van der Waals surface area contributed by atoms with Gasteiger partial charge in [-0.25, -0.2) is 0 Å². The van der Waals surface area contributed by atoms with Crippen LogP contribution in [0.3, 0.4) is 0 Å². The third-order valence-electron chi connectivity index (χ3n) is 5.76. The van der Waals surface area contributed by atoms with Gasteiger partial charge in [0.15, 0.2) is 0 Å². The molecule has 2 N–H and O–H groups in total. The lowest BCUT2D eigenvalue weighted by atomic mass is 10.0. The summed E-state index contributed by atoms with van der Waals surface area (Å²) in [4.78, 5) is 14.9. The van der Waals surface area contributed by atoms with E-state index >= 15 is 0 Å². The lowest BCUT2D eigenvalue weighted by Crippen LogP contribution is -2.28. The predicted octanol–water partition coefficient (Wildman–Crippen LogP) is 4.71. The van der Waals surface area contributed by atoms with E-state index < -0.39 is 21.4 Å². The quantitative estimate of drug-likeness (QED) is 0.161. The van der Waals surface area contributed by atoms with Gasteiger partial charge >= 0.3 is 15.6 Å². The average molecular weight is 547 g/mol. The van der Waals surface area contributed by atoms with Gasteiger partial charge in [-0.1, -0.05) is 48.5 Å². The Bertz CT molecular complexity index is 1540. The van der Waals surface area contributed by atoms with E-state index in [9.17, 15) is 26.4 Å². The van der Waals surface area contributed by atoms with Gasteiger partial charge in [0.05, 0.1) is 5.52 Å². The number of hydrogen-bond acceptors (Lipinski definition) is 6. The fraction of sp³-hybridized carbons (Fsp3) is 0.222. The number of rotatable bonds is 11. The van der Waals surface area contributed by atoms with E-state index in [2.05, 4.69) is 14.5 Å². The van der Waals surface area contributed by atoms with Crippen molar-refractivity contribution in [1.82, 2.24) is 10.3 Å². The molecule has 0 aliphatic heterocycles. The predicted molar refractivity (Wildman–Crippen MR) is 138 cm³/mol. The van der Waals surface area contributed by atoms with Gasteiger partial charge < -0.3 is 19.2 Å². The topological polar surface area (TPSA) is 97.5 Å². The molecule has 0 aliphatic carbocycles. The fourth-order valence-corrected chi connectivity index (χ4v) is 4.28. The molecule has 0 saturated carbocycles. The van der Waals surface area contributed by atoms with Gasteiger partial charge in [-0.05, 0) is 66.9 Å². The van der Waals surface area contributed by atoms with Gasteiger partial charge in [-0.15, -0.1) is 0 Å². The first-order valence-electron chi connectivity index (χ1n) is 11.7. The second-order valence-corrected chi connectivity index (χ2v) is 10.0. The number of aromatic nitrogens is 1. The highest BCUT2D eigenvalue weighted by Crippen LogP contribution is 2.28. The van der Waals surface area contributed by atoms with Gasteiger partial charge in [0, 0.05) is 11.5 Å². The summed E-state index contributed by atoms with van der Waals surface area (Å²) in [7, 11) is -5.69. The Morgan fingerprint density at radius 3 is 2.24 bits per heavy atom. The minimum Gasteiger partial charge on any atom is -0.487 e. The van der Waals surface area contributed by atoms with Crippen LogP contribution in [-0.2, 0) is 29.6 Å². The van der Waals surface area contributed by atoms with Gasteiger partial charge in [0.25, 0.3) is 0 Å². The first kappa shape index (κ1) is 27.2. The SMILES string of the molecule is O=c1ccc2c(CCNCCc3ccc(OS(=O)(=O)C(F)(F)F)cc3)ccc(OCc3ccccc3)c2[nH]1. The molecular formula is C27H25F3N2O5S. The zero-order valence-electron chi connectivity index (χ0n) is 20.1. The smallest absolute Gasteiger partial charge is 0.487 e. The van der Waals surface area contributed by atoms with Gasteiger partial charge in [-0.2, -0.15) is 21.6 Å². The maximum Gasteiger partial charge on any atom is 0.534 e. The maximum atomic E-state index is 12.4. The molecule has 38 heavy (non-hydrogen) atoms. The minimum atomic E-state index is -5.69. The Hall–Kier alpha value is -3.83. The normalized spacial score (nSPS) is 12.0. The molecule has 0 saturated heterocycles. The Labute approximate surface area is 217 Å². The Balaban J connectivity index is 1.31. The van der Waals surface area contributed by atoms with Crippen LogP contribution in [0.15, 0.2) is 83.7 Å². The van der Waals surface area contributed by atoms with E-state index in [4.69, 9.17) is 4.74 Å². The van der Waals surface area contributed by atoms with E-state index in [0.29, 0.717) is 43.8 Å². The zero-order chi connectivity index (χ0) is 27.2. The molecule has 1 aromatic heterocycles. The highest BCUT2D eigenvalue weighted by atomic mass is 32.2. The van der Waals surface area contributed by atoms with Crippen LogP contribution in [0, 0.1) is 0 Å². The number of nitrogens with one attached hydrogen (secondary N) is 2. The lowest BCUT2D eigenvalue weighted by molar-refractivity contribution is -0.0500. The number of alkyl halides is 3. The van der Waals surface area contributed by atoms with Crippen LogP contribution in [0.2, 0.25) is 0 Å². The Kier molecular flexibility index (Phi) is 8.38. The zero-order valence-corrected chi connectivity index (χ0v) is 20.9. The molecule has 200 valence electrons. The molecule has 0 aliphatic rings. The number of benzene rings is 3. The van der Waals surface area contributed by atoms with Crippen molar-refractivity contribution in [2.24, 2.45) is 0 Å². The standard InChI is InChI=1S/C27H25F3N2O5S/c28-27(29,30)38(34,35)37-22-9-6-19(7-10-22)14-16-31-17-15-21-8-12-24(26-23(21)11-13-25(33)32-26)36-18-20-4-2-1-3-5-20/h1-13,31H,14-18H2,(H,32,33). The fourth-order valence-electron chi connectivity index (χ4n) is 3.83. The molecule has 11 heteroatoms. The van der Waals surface area contributed by atoms with E-state index in [1.807, 2.05) is 42.5 Å². The molecule has 1 heterocycles. The number of fused-ring (bicyclic) bond motifs is 1. The minimum absolute atomic E-state index is 0.218. The lowest BCUT2D eigenvalue weighted by Gasteiger charge is -2.13. The number of ether oxygens (including phenoxy) is 1. The summed E-state index contributed by atoms with van der Waals surface area (Å²) >= 11 is 0. The van der Waals surface area contributed by atoms with E-state index in [-0.39, 0.29) is 5.56 Å². The molecule has 0 unspecified atom stereocenters. The Morgan fingerprint density at radius 1 is 0.816 bits per heavy atom. The van der Waals surface area contributed by atoms with Crippen LogP contribution in [0.1, 0.15) is 16.7 Å². The summed E-state index contributed by atoms with van der Waals surface area (Å²) in [6.45, 7) is 1.61. The summed E-state index contributed by atoms with van der Waals surface area (Å²) in [6.07, 6.45) is 1.26. The van der Waals surface area contributed by atoms with Crippen molar-refractivity contribution in [2.45, 2.75) is 25.0 Å². The van der Waals surface area contributed by atoms with Crippen LogP contribution in [0.4, 0.5) is 13.2 Å². The number of pyridine rings is 1. The van der Waals surface area contributed by atoms with Crippen LogP contribution in [-0.4, -0.2) is 32.0 Å². The van der Waals surface area contributed by atoms with Gasteiger partial charge in [0.1, 0.15) is 18.1 Å². The first-order chi connectivity index (χ1) is 18.1. The number of aromatic amines is 1. The first-order valence-corrected chi connectivity index (χ1v) is 13.2. The van der Waals surface area contributed by atoms with Crippen LogP contribution in [0.25, 0.3) is 10.9 Å². The third-order valence-corrected chi connectivity index (χ3v) is 6.74. The summed E-state index contributed by atoms with van der Waals surface area (Å²) < 4.78 is 69.6. The molecule has 0 radical (unpaired) electrons. The highest BCUT2D eigenvalue weighted by molar-refractivity contribution is 7.88. The largest absolute Gasteiger partial charge is 0.534 e. The maximum absolute atomic E-state index is 12.4. The molecular weight excluding hydrogens is 521 g/mol. The molecule has 0 bridgehead atoms. The summed E-state index contributed by atoms with van der Waals surface area (Å²) in [5.74, 6) is 0.189. The molecule has 3 aromatic carbocycles. The van der Waals surface area contributed by atoms with E-state index in [1.54, 1.807) is 6.07 Å². The van der Waals surface area contributed by atoms with Crippen molar-refractivity contribution in [3.05, 3.63) is 106 Å². The van der Waals surface area contributed by atoms with Crippen molar-refractivity contribution >= 4 is 21.0 Å². The van der Waals surface area contributed by atoms with Crippen LogP contribution in [0.5, 0.6) is 11.5 Å². The van der Waals surface area contributed by atoms with Gasteiger partial charge in [0.2, 0.25) is 5.56 Å². The third kappa shape index (κ3) is 6.93. The van der Waals surface area contributed by atoms with E-state index in [1.165, 1.54) is 30.3 Å². The molecule has 4 aromatic rings. The van der Waals surface area contributed by atoms with Crippen molar-refractivity contribution in [2.75, 3.05) is 13.1 Å². The molecule has 0 amide bonds. The Morgan fingerprint density at radius 2 is 1.53 bits per heavy atom. The van der Waals surface area contributed by atoms with Crippen molar-refractivity contribution in [1.29, 1.82) is 0 Å². The molecule has 7 nitrogen and oxygen atoms in total. The van der Waals surface area contributed by atoms with Crippen LogP contribution < -0.4 is 19.8 Å². The van der Waals surface area contributed by atoms with Gasteiger partial charge in [-0.3, -0.25) is 4.79 Å². The van der Waals surface area contributed by atoms with Crippen molar-refractivity contribution in [3.63, 3.8) is 0 Å². The molecule has 0 fully saturated rings. The summed E-state index contributed by atoms with van der Waals surface area (Å²) in [5.41, 5.74) is -2.21.